The normalized spacial score (nSPS) is 17.7. The highest BCUT2D eigenvalue weighted by Gasteiger charge is 2.42. The number of benzene rings is 1. The van der Waals surface area contributed by atoms with Crippen molar-refractivity contribution in [1.82, 2.24) is 19.9 Å². The Hall–Kier alpha value is -2.18. The first-order chi connectivity index (χ1) is 12.8. The molecule has 7 heteroatoms. The third-order valence-corrected chi connectivity index (χ3v) is 5.92. The summed E-state index contributed by atoms with van der Waals surface area (Å²) in [5.41, 5.74) is 4.70. The quantitative estimate of drug-likeness (QED) is 0.722. The predicted molar refractivity (Wildman–Crippen MR) is 106 cm³/mol. The number of fused-ring (bicyclic) bond motifs is 3. The molecule has 2 aliphatic rings. The molecule has 0 radical (unpaired) electrons. The van der Waals surface area contributed by atoms with Crippen molar-refractivity contribution < 1.29 is 4.39 Å². The van der Waals surface area contributed by atoms with Gasteiger partial charge < -0.3 is 10.6 Å². The van der Waals surface area contributed by atoms with Gasteiger partial charge in [-0.15, -0.1) is 12.4 Å². The number of nitrogens with one attached hydrogen (secondary N) is 2. The highest BCUT2D eigenvalue weighted by molar-refractivity contribution is 5.85. The molecular formula is C20H23ClFN5. The summed E-state index contributed by atoms with van der Waals surface area (Å²) in [5.74, 6) is 0.829. The van der Waals surface area contributed by atoms with Crippen LogP contribution in [0.2, 0.25) is 0 Å². The van der Waals surface area contributed by atoms with E-state index in [4.69, 9.17) is 4.98 Å². The van der Waals surface area contributed by atoms with E-state index in [-0.39, 0.29) is 23.6 Å². The van der Waals surface area contributed by atoms with Gasteiger partial charge in [-0.1, -0.05) is 12.1 Å². The van der Waals surface area contributed by atoms with Crippen molar-refractivity contribution in [3.05, 3.63) is 59.2 Å². The maximum Gasteiger partial charge on any atom is 0.157 e. The zero-order chi connectivity index (χ0) is 17.6. The number of nitrogens with zero attached hydrogens (tertiary/aromatic N) is 3. The summed E-state index contributed by atoms with van der Waals surface area (Å²) >= 11 is 0. The average Bonchev–Trinajstić information content (AvgIpc) is 3.27. The van der Waals surface area contributed by atoms with Crippen LogP contribution in [0.25, 0.3) is 5.65 Å². The summed E-state index contributed by atoms with van der Waals surface area (Å²) in [5, 5.41) is 11.5. The van der Waals surface area contributed by atoms with Crippen LogP contribution in [-0.4, -0.2) is 27.7 Å². The first kappa shape index (κ1) is 18.2. The molecule has 5 rings (SSSR count). The van der Waals surface area contributed by atoms with Gasteiger partial charge in [-0.05, 0) is 56.5 Å². The van der Waals surface area contributed by atoms with Gasteiger partial charge >= 0.3 is 0 Å². The number of rotatable bonds is 3. The van der Waals surface area contributed by atoms with Gasteiger partial charge in [0.1, 0.15) is 11.6 Å². The Bertz CT molecular complexity index is 947. The number of halogens is 2. The van der Waals surface area contributed by atoms with Crippen LogP contribution in [0.1, 0.15) is 36.1 Å². The molecule has 142 valence electrons. The summed E-state index contributed by atoms with van der Waals surface area (Å²) < 4.78 is 15.1. The number of hydrogen-bond donors (Lipinski definition) is 2. The van der Waals surface area contributed by atoms with E-state index in [0.29, 0.717) is 6.54 Å². The van der Waals surface area contributed by atoms with E-state index in [2.05, 4.69) is 15.7 Å². The van der Waals surface area contributed by atoms with Crippen molar-refractivity contribution in [2.45, 2.75) is 37.6 Å². The van der Waals surface area contributed by atoms with Crippen molar-refractivity contribution >= 4 is 23.9 Å². The molecule has 3 aromatic rings. The van der Waals surface area contributed by atoms with Crippen LogP contribution in [0.15, 0.2) is 36.5 Å². The third kappa shape index (κ3) is 3.07. The molecule has 1 aromatic carbocycles. The number of anilines is 1. The molecule has 0 bridgehead atoms. The van der Waals surface area contributed by atoms with Crippen LogP contribution in [0, 0.1) is 5.82 Å². The second-order valence-electron chi connectivity index (χ2n) is 7.40. The summed E-state index contributed by atoms with van der Waals surface area (Å²) in [6, 6.07) is 8.61. The zero-order valence-corrected chi connectivity index (χ0v) is 15.9. The molecule has 0 amide bonds. The Kier molecular flexibility index (Phi) is 4.78. The number of hydrogen-bond acceptors (Lipinski definition) is 4. The fraction of sp³-hybridized carbons (Fsp3) is 0.400. The van der Waals surface area contributed by atoms with Crippen molar-refractivity contribution in [2.24, 2.45) is 0 Å². The van der Waals surface area contributed by atoms with Gasteiger partial charge in [-0.2, -0.15) is 9.61 Å². The molecule has 1 aliphatic carbocycles. The van der Waals surface area contributed by atoms with Crippen molar-refractivity contribution in [1.29, 1.82) is 0 Å². The molecule has 3 heterocycles. The van der Waals surface area contributed by atoms with Crippen molar-refractivity contribution in [3.63, 3.8) is 0 Å². The van der Waals surface area contributed by atoms with Crippen LogP contribution in [-0.2, 0) is 18.4 Å². The highest BCUT2D eigenvalue weighted by Crippen LogP contribution is 2.46. The standard InChI is InChI=1S/C20H22FN5.ClH/c21-15-3-1-14(2-4-15)13-23-19-16-5-7-20(8-11-22-12-9-20)18(16)25-17-6-10-24-26(17)19;/h1-4,6,10,22-23H,5,7-9,11-13H2;1H. The Morgan fingerprint density at radius 2 is 1.89 bits per heavy atom. The van der Waals surface area contributed by atoms with E-state index < -0.39 is 0 Å². The van der Waals surface area contributed by atoms with Crippen LogP contribution >= 0.6 is 12.4 Å². The minimum atomic E-state index is -0.208. The molecule has 1 saturated heterocycles. The molecule has 0 atom stereocenters. The van der Waals surface area contributed by atoms with Gasteiger partial charge in [-0.3, -0.25) is 0 Å². The topological polar surface area (TPSA) is 54.2 Å². The molecule has 1 spiro atoms. The molecular weight excluding hydrogens is 365 g/mol. The van der Waals surface area contributed by atoms with Gasteiger partial charge in [0, 0.05) is 23.6 Å². The van der Waals surface area contributed by atoms with E-state index in [1.165, 1.54) is 23.4 Å². The van der Waals surface area contributed by atoms with E-state index in [1.54, 1.807) is 6.20 Å². The summed E-state index contributed by atoms with van der Waals surface area (Å²) in [4.78, 5) is 5.00. The second kappa shape index (κ2) is 7.09. The fourth-order valence-electron chi connectivity index (χ4n) is 4.50. The maximum absolute atomic E-state index is 13.2. The highest BCUT2D eigenvalue weighted by atomic mass is 35.5. The molecule has 0 saturated carbocycles. The predicted octanol–water partition coefficient (Wildman–Crippen LogP) is 3.47. The lowest BCUT2D eigenvalue weighted by atomic mass is 9.77. The molecule has 27 heavy (non-hydrogen) atoms. The van der Waals surface area contributed by atoms with Gasteiger partial charge in [-0.25, -0.2) is 9.37 Å². The lowest BCUT2D eigenvalue weighted by Crippen LogP contribution is -2.39. The van der Waals surface area contributed by atoms with Crippen LogP contribution < -0.4 is 10.6 Å². The Balaban J connectivity index is 0.00000180. The van der Waals surface area contributed by atoms with Crippen LogP contribution in [0.3, 0.4) is 0 Å². The fourth-order valence-corrected chi connectivity index (χ4v) is 4.50. The molecule has 5 nitrogen and oxygen atoms in total. The van der Waals surface area contributed by atoms with Crippen LogP contribution in [0.4, 0.5) is 10.2 Å². The van der Waals surface area contributed by atoms with Crippen LogP contribution in [0.5, 0.6) is 0 Å². The Labute approximate surface area is 163 Å². The monoisotopic (exact) mass is 387 g/mol. The van der Waals surface area contributed by atoms with E-state index in [9.17, 15) is 4.39 Å². The van der Waals surface area contributed by atoms with Gasteiger partial charge in [0.2, 0.25) is 0 Å². The Morgan fingerprint density at radius 3 is 2.67 bits per heavy atom. The van der Waals surface area contributed by atoms with Crippen molar-refractivity contribution in [3.8, 4) is 0 Å². The largest absolute Gasteiger partial charge is 0.366 e. The first-order valence-electron chi connectivity index (χ1n) is 9.31. The maximum atomic E-state index is 13.2. The third-order valence-electron chi connectivity index (χ3n) is 5.92. The minimum Gasteiger partial charge on any atom is -0.366 e. The molecule has 0 unspecified atom stereocenters. The smallest absolute Gasteiger partial charge is 0.157 e. The molecule has 2 N–H and O–H groups in total. The second-order valence-corrected chi connectivity index (χ2v) is 7.40. The van der Waals surface area contributed by atoms with E-state index >= 15 is 0 Å². The van der Waals surface area contributed by atoms with Gasteiger partial charge in [0.25, 0.3) is 0 Å². The first-order valence-corrected chi connectivity index (χ1v) is 9.31. The molecule has 1 aliphatic heterocycles. The minimum absolute atomic E-state index is 0. The van der Waals surface area contributed by atoms with Gasteiger partial charge in [0.05, 0.1) is 11.9 Å². The number of piperidine rings is 1. The SMILES string of the molecule is Cl.Fc1ccc(CNc2c3c(nc4ccnn24)C2(CCNCC2)CC3)cc1. The zero-order valence-electron chi connectivity index (χ0n) is 15.0. The summed E-state index contributed by atoms with van der Waals surface area (Å²) in [6.45, 7) is 2.76. The summed E-state index contributed by atoms with van der Waals surface area (Å²) in [7, 11) is 0. The van der Waals surface area contributed by atoms with E-state index in [1.807, 2.05) is 22.7 Å². The lowest BCUT2D eigenvalue weighted by molar-refractivity contribution is 0.301. The molecule has 1 fully saturated rings. The van der Waals surface area contributed by atoms with E-state index in [0.717, 1.165) is 55.8 Å². The van der Waals surface area contributed by atoms with Gasteiger partial charge in [0.15, 0.2) is 5.65 Å². The lowest BCUT2D eigenvalue weighted by Gasteiger charge is -2.34. The summed E-state index contributed by atoms with van der Waals surface area (Å²) in [6.07, 6.45) is 6.29. The number of aromatic nitrogens is 3. The average molecular weight is 388 g/mol. The van der Waals surface area contributed by atoms with Crippen molar-refractivity contribution in [2.75, 3.05) is 18.4 Å². The Morgan fingerprint density at radius 1 is 1.11 bits per heavy atom. The molecule has 2 aromatic heterocycles.